The van der Waals surface area contributed by atoms with Gasteiger partial charge in [0.2, 0.25) is 5.82 Å². The van der Waals surface area contributed by atoms with Crippen molar-refractivity contribution in [3.8, 4) is 39.4 Å². The van der Waals surface area contributed by atoms with Crippen LogP contribution in [-0.4, -0.2) is 38.2 Å². The Kier molecular flexibility index (Phi) is 7.21. The SMILES string of the molecule is CCOC(=O)c1cccc(-c2c(OCc3ccc(-c4ccccc4-c4nn[nH]n4)cc3)cc(C)nc2C)c1. The van der Waals surface area contributed by atoms with Crippen LogP contribution < -0.4 is 4.74 Å². The molecule has 2 heterocycles. The Morgan fingerprint density at radius 1 is 0.895 bits per heavy atom. The summed E-state index contributed by atoms with van der Waals surface area (Å²) in [6.45, 7) is 6.38. The summed E-state index contributed by atoms with van der Waals surface area (Å²) in [5.74, 6) is 0.911. The molecule has 0 fully saturated rings. The van der Waals surface area contributed by atoms with Gasteiger partial charge in [-0.05, 0) is 60.4 Å². The Labute approximate surface area is 220 Å². The lowest BCUT2D eigenvalue weighted by atomic mass is 9.98. The van der Waals surface area contributed by atoms with E-state index in [1.807, 2.05) is 74.5 Å². The molecule has 0 atom stereocenters. The minimum absolute atomic E-state index is 0.323. The van der Waals surface area contributed by atoms with E-state index in [0.29, 0.717) is 30.4 Å². The second kappa shape index (κ2) is 11.0. The van der Waals surface area contributed by atoms with E-state index in [4.69, 9.17) is 9.47 Å². The zero-order chi connectivity index (χ0) is 26.5. The van der Waals surface area contributed by atoms with Crippen molar-refractivity contribution in [3.63, 3.8) is 0 Å². The van der Waals surface area contributed by atoms with Crippen LogP contribution in [0.25, 0.3) is 33.6 Å². The molecule has 5 aromatic rings. The molecule has 5 rings (SSSR count). The summed E-state index contributed by atoms with van der Waals surface area (Å²) in [7, 11) is 0. The second-order valence-electron chi connectivity index (χ2n) is 8.79. The molecule has 0 aliphatic carbocycles. The maximum absolute atomic E-state index is 12.3. The lowest BCUT2D eigenvalue weighted by Gasteiger charge is -2.16. The zero-order valence-corrected chi connectivity index (χ0v) is 21.4. The highest BCUT2D eigenvalue weighted by molar-refractivity contribution is 5.91. The number of aryl methyl sites for hydroxylation is 2. The van der Waals surface area contributed by atoms with Crippen LogP contribution in [0.1, 0.15) is 34.2 Å². The molecule has 0 unspecified atom stereocenters. The van der Waals surface area contributed by atoms with Gasteiger partial charge in [0, 0.05) is 28.6 Å². The van der Waals surface area contributed by atoms with Crippen LogP contribution in [0.15, 0.2) is 78.9 Å². The van der Waals surface area contributed by atoms with Gasteiger partial charge in [-0.1, -0.05) is 60.7 Å². The van der Waals surface area contributed by atoms with Gasteiger partial charge in [-0.25, -0.2) is 4.79 Å². The van der Waals surface area contributed by atoms with Gasteiger partial charge in [0.25, 0.3) is 0 Å². The number of carbonyl (C=O) groups is 1. The van der Waals surface area contributed by atoms with Crippen LogP contribution in [0.5, 0.6) is 5.75 Å². The Hall–Kier alpha value is -4.85. The number of rotatable bonds is 8. The van der Waals surface area contributed by atoms with Crippen LogP contribution in [0.4, 0.5) is 0 Å². The number of aromatic nitrogens is 5. The average molecular weight is 506 g/mol. The first-order valence-electron chi connectivity index (χ1n) is 12.3. The number of H-pyrrole nitrogens is 1. The van der Waals surface area contributed by atoms with Gasteiger partial charge < -0.3 is 9.47 Å². The van der Waals surface area contributed by atoms with Crippen LogP contribution in [0.2, 0.25) is 0 Å². The third-order valence-electron chi connectivity index (χ3n) is 6.13. The fourth-order valence-corrected chi connectivity index (χ4v) is 4.42. The number of aromatic amines is 1. The number of carbonyl (C=O) groups excluding carboxylic acids is 1. The summed E-state index contributed by atoms with van der Waals surface area (Å²) in [6, 6.07) is 25.5. The smallest absolute Gasteiger partial charge is 0.338 e. The average Bonchev–Trinajstić information content (AvgIpc) is 3.47. The summed E-state index contributed by atoms with van der Waals surface area (Å²) in [5.41, 5.74) is 7.87. The maximum Gasteiger partial charge on any atom is 0.338 e. The number of tetrazole rings is 1. The molecule has 0 bridgehead atoms. The second-order valence-corrected chi connectivity index (χ2v) is 8.79. The molecule has 0 spiro atoms. The minimum Gasteiger partial charge on any atom is -0.488 e. The van der Waals surface area contributed by atoms with Crippen molar-refractivity contribution in [3.05, 3.63) is 101 Å². The number of hydrogen-bond donors (Lipinski definition) is 1. The molecule has 0 aliphatic rings. The summed E-state index contributed by atoms with van der Waals surface area (Å²) in [4.78, 5) is 16.9. The minimum atomic E-state index is -0.351. The highest BCUT2D eigenvalue weighted by Crippen LogP contribution is 2.35. The van der Waals surface area contributed by atoms with Crippen LogP contribution >= 0.6 is 0 Å². The van der Waals surface area contributed by atoms with E-state index in [2.05, 4.69) is 37.7 Å². The molecule has 38 heavy (non-hydrogen) atoms. The first kappa shape index (κ1) is 24.8. The molecule has 0 amide bonds. The first-order valence-corrected chi connectivity index (χ1v) is 12.3. The molecule has 0 aliphatic heterocycles. The number of pyridine rings is 1. The van der Waals surface area contributed by atoms with Gasteiger partial charge in [-0.2, -0.15) is 5.21 Å². The van der Waals surface area contributed by atoms with Gasteiger partial charge in [0.05, 0.1) is 12.2 Å². The van der Waals surface area contributed by atoms with Crippen LogP contribution in [-0.2, 0) is 11.3 Å². The molecular formula is C30H27N5O3. The van der Waals surface area contributed by atoms with E-state index < -0.39 is 0 Å². The summed E-state index contributed by atoms with van der Waals surface area (Å²) < 4.78 is 11.5. The quantitative estimate of drug-likeness (QED) is 0.259. The Balaban J connectivity index is 1.39. The lowest BCUT2D eigenvalue weighted by molar-refractivity contribution is 0.0526. The first-order chi connectivity index (χ1) is 18.5. The van der Waals surface area contributed by atoms with Crippen LogP contribution in [0, 0.1) is 13.8 Å². The van der Waals surface area contributed by atoms with Crippen molar-refractivity contribution >= 4 is 5.97 Å². The number of nitrogens with one attached hydrogen (secondary N) is 1. The van der Waals surface area contributed by atoms with Gasteiger partial charge >= 0.3 is 5.97 Å². The Morgan fingerprint density at radius 3 is 2.42 bits per heavy atom. The predicted octanol–water partition coefficient (Wildman–Crippen LogP) is 5.97. The van der Waals surface area contributed by atoms with Crippen molar-refractivity contribution in [1.29, 1.82) is 0 Å². The summed E-state index contributed by atoms with van der Waals surface area (Å²) in [6.07, 6.45) is 0. The van der Waals surface area contributed by atoms with Crippen LogP contribution in [0.3, 0.4) is 0 Å². The largest absolute Gasteiger partial charge is 0.488 e. The van der Waals surface area contributed by atoms with Crippen molar-refractivity contribution < 1.29 is 14.3 Å². The molecule has 0 saturated carbocycles. The Bertz CT molecular complexity index is 1560. The molecular weight excluding hydrogens is 478 g/mol. The molecule has 8 heteroatoms. The predicted molar refractivity (Wildman–Crippen MR) is 144 cm³/mol. The Morgan fingerprint density at radius 2 is 1.68 bits per heavy atom. The number of hydrogen-bond acceptors (Lipinski definition) is 7. The van der Waals surface area contributed by atoms with E-state index in [0.717, 1.165) is 44.8 Å². The van der Waals surface area contributed by atoms with E-state index in [1.54, 1.807) is 13.0 Å². The third-order valence-corrected chi connectivity index (χ3v) is 6.13. The lowest BCUT2D eigenvalue weighted by Crippen LogP contribution is -2.05. The van der Waals surface area contributed by atoms with Crippen molar-refractivity contribution in [2.24, 2.45) is 0 Å². The van der Waals surface area contributed by atoms with E-state index in [1.165, 1.54) is 0 Å². The molecule has 0 saturated heterocycles. The van der Waals surface area contributed by atoms with E-state index >= 15 is 0 Å². The van der Waals surface area contributed by atoms with Crippen molar-refractivity contribution in [2.75, 3.05) is 6.61 Å². The van der Waals surface area contributed by atoms with Gasteiger partial charge in [0.15, 0.2) is 0 Å². The molecule has 2 aromatic heterocycles. The number of nitrogens with zero attached hydrogens (tertiary/aromatic N) is 4. The summed E-state index contributed by atoms with van der Waals surface area (Å²) in [5, 5.41) is 14.4. The molecule has 3 aromatic carbocycles. The number of benzene rings is 3. The normalized spacial score (nSPS) is 10.8. The fraction of sp³-hybridized carbons (Fsp3) is 0.167. The molecule has 8 nitrogen and oxygen atoms in total. The molecule has 1 N–H and O–H groups in total. The van der Waals surface area contributed by atoms with Gasteiger partial charge in [-0.15, -0.1) is 10.2 Å². The molecule has 190 valence electrons. The third kappa shape index (κ3) is 5.29. The van der Waals surface area contributed by atoms with Crippen molar-refractivity contribution in [2.45, 2.75) is 27.4 Å². The van der Waals surface area contributed by atoms with Gasteiger partial charge in [-0.3, -0.25) is 4.98 Å². The van der Waals surface area contributed by atoms with Crippen molar-refractivity contribution in [1.82, 2.24) is 25.6 Å². The topological polar surface area (TPSA) is 103 Å². The maximum atomic E-state index is 12.3. The number of esters is 1. The van der Waals surface area contributed by atoms with E-state index in [9.17, 15) is 4.79 Å². The highest BCUT2D eigenvalue weighted by atomic mass is 16.5. The summed E-state index contributed by atoms with van der Waals surface area (Å²) >= 11 is 0. The number of ether oxygens (including phenoxy) is 2. The molecule has 0 radical (unpaired) electrons. The van der Waals surface area contributed by atoms with E-state index in [-0.39, 0.29) is 5.97 Å². The van der Waals surface area contributed by atoms with Gasteiger partial charge in [0.1, 0.15) is 12.4 Å². The standard InChI is InChI=1S/C30H27N5O3/c1-4-37-30(36)24-9-7-8-23(17-24)28-20(3)31-19(2)16-27(28)38-18-21-12-14-22(15-13-21)25-10-5-6-11-26(25)29-32-34-35-33-29/h5-17H,4,18H2,1-3H3,(H,32,33,34,35). The fourth-order valence-electron chi connectivity index (χ4n) is 4.42. The highest BCUT2D eigenvalue weighted by Gasteiger charge is 2.16. The monoisotopic (exact) mass is 505 g/mol. The zero-order valence-electron chi connectivity index (χ0n) is 21.4.